The average molecular weight is 264 g/mol. The summed E-state index contributed by atoms with van der Waals surface area (Å²) >= 11 is 0. The zero-order chi connectivity index (χ0) is 10.3. The molecule has 14 heavy (non-hydrogen) atoms. The van der Waals surface area contributed by atoms with Gasteiger partial charge in [-0.25, -0.2) is 0 Å². The normalized spacial score (nSPS) is 8.71. The molecule has 0 aliphatic heterocycles. The molecule has 1 aromatic heterocycles. The molecule has 0 atom stereocenters. The van der Waals surface area contributed by atoms with E-state index in [1.54, 1.807) is 0 Å². The van der Waals surface area contributed by atoms with Crippen LogP contribution in [0.2, 0.25) is 0 Å². The Morgan fingerprint density at radius 3 is 2.29 bits per heavy atom. The van der Waals surface area contributed by atoms with Gasteiger partial charge in [-0.05, 0) is 0 Å². The molecule has 0 spiro atoms. The molecule has 74 valence electrons. The van der Waals surface area contributed by atoms with Crippen LogP contribution in [0.15, 0.2) is 12.1 Å². The van der Waals surface area contributed by atoms with E-state index in [0.29, 0.717) is 5.92 Å². The van der Waals surface area contributed by atoms with Crippen molar-refractivity contribution < 1.29 is 58.2 Å². The van der Waals surface area contributed by atoms with Gasteiger partial charge in [0.05, 0.1) is 0 Å². The minimum Gasteiger partial charge on any atom is -0.384 e. The average Bonchev–Trinajstić information content (AvgIpc) is 2.21. The molecule has 0 saturated heterocycles. The fraction of sp³-hybridized carbons (Fsp3) is 0.583. The van der Waals surface area contributed by atoms with Crippen LogP contribution in [0.5, 0.6) is 0 Å². The number of hydrogen-bond acceptors (Lipinski definition) is 1. The SMILES string of the molecule is CC.CCc1c[c-]cc(C(C)C)n1.[Rb+]. The molecule has 0 bridgehead atoms. The first-order valence-corrected chi connectivity index (χ1v) is 5.11. The largest absolute Gasteiger partial charge is 1.00 e. The number of hydrogen-bond donors (Lipinski definition) is 0. The Labute approximate surface area is 138 Å². The Morgan fingerprint density at radius 2 is 1.86 bits per heavy atom. The zero-order valence-electron chi connectivity index (χ0n) is 10.4. The molecule has 1 rings (SSSR count). The Balaban J connectivity index is 0. The molecule has 0 amide bonds. The van der Waals surface area contributed by atoms with E-state index in [-0.39, 0.29) is 58.2 Å². The molecule has 0 saturated carbocycles. The maximum atomic E-state index is 4.46. The van der Waals surface area contributed by atoms with Gasteiger partial charge in [0.2, 0.25) is 0 Å². The van der Waals surface area contributed by atoms with Crippen molar-refractivity contribution in [2.24, 2.45) is 0 Å². The fourth-order valence-electron chi connectivity index (χ4n) is 0.930. The zero-order valence-corrected chi connectivity index (χ0v) is 15.3. The van der Waals surface area contributed by atoms with E-state index in [2.05, 4.69) is 31.8 Å². The van der Waals surface area contributed by atoms with Crippen molar-refractivity contribution in [3.8, 4) is 0 Å². The first-order chi connectivity index (χ1) is 6.24. The maximum absolute atomic E-state index is 4.46. The summed E-state index contributed by atoms with van der Waals surface area (Å²) in [6.07, 6.45) is 0.997. The topological polar surface area (TPSA) is 12.9 Å². The van der Waals surface area contributed by atoms with E-state index < -0.39 is 0 Å². The van der Waals surface area contributed by atoms with Crippen molar-refractivity contribution in [1.29, 1.82) is 0 Å². The van der Waals surface area contributed by atoms with Gasteiger partial charge < -0.3 is 4.98 Å². The van der Waals surface area contributed by atoms with Gasteiger partial charge in [0.15, 0.2) is 0 Å². The number of rotatable bonds is 2. The summed E-state index contributed by atoms with van der Waals surface area (Å²) in [4.78, 5) is 4.46. The standard InChI is InChI=1S/C10H14N.C2H6.Rb/c1-4-9-6-5-7-10(11-9)8(2)3;1-2;/h6-8H,4H2,1-3H3;1-2H3;/q-1;;+1. The van der Waals surface area contributed by atoms with Crippen LogP contribution in [0.1, 0.15) is 51.9 Å². The minimum atomic E-state index is 0. The van der Waals surface area contributed by atoms with Crippen molar-refractivity contribution in [2.75, 3.05) is 0 Å². The molecular weight excluding hydrogens is 244 g/mol. The van der Waals surface area contributed by atoms with E-state index in [9.17, 15) is 0 Å². The number of pyridine rings is 1. The molecule has 0 aliphatic carbocycles. The van der Waals surface area contributed by atoms with Crippen molar-refractivity contribution in [2.45, 2.75) is 47.0 Å². The second kappa shape index (κ2) is 10.5. The number of aryl methyl sites for hydroxylation is 1. The summed E-state index contributed by atoms with van der Waals surface area (Å²) in [6.45, 7) is 10.4. The molecule has 2 heteroatoms. The van der Waals surface area contributed by atoms with Gasteiger partial charge in [0, 0.05) is 0 Å². The van der Waals surface area contributed by atoms with Crippen LogP contribution in [-0.2, 0) is 6.42 Å². The third-order valence-corrected chi connectivity index (χ3v) is 1.71. The van der Waals surface area contributed by atoms with Gasteiger partial charge in [-0.2, -0.15) is 18.2 Å². The van der Waals surface area contributed by atoms with Gasteiger partial charge in [0.1, 0.15) is 0 Å². The summed E-state index contributed by atoms with van der Waals surface area (Å²) in [5.74, 6) is 0.512. The second-order valence-corrected chi connectivity index (χ2v) is 2.99. The fourth-order valence-corrected chi connectivity index (χ4v) is 0.930. The molecule has 0 radical (unpaired) electrons. The Bertz CT molecular complexity index is 234. The molecule has 0 aliphatic rings. The van der Waals surface area contributed by atoms with Crippen molar-refractivity contribution in [1.82, 2.24) is 4.98 Å². The predicted octanol–water partition coefficient (Wildman–Crippen LogP) is 0.598. The van der Waals surface area contributed by atoms with E-state index in [0.717, 1.165) is 17.8 Å². The number of aromatic nitrogens is 1. The molecule has 0 fully saturated rings. The number of nitrogens with zero attached hydrogens (tertiary/aromatic N) is 1. The quantitative estimate of drug-likeness (QED) is 0.712. The first-order valence-electron chi connectivity index (χ1n) is 5.11. The Kier molecular flexibility index (Phi) is 13.0. The second-order valence-electron chi connectivity index (χ2n) is 2.99. The van der Waals surface area contributed by atoms with Crippen LogP contribution < -0.4 is 58.2 Å². The van der Waals surface area contributed by atoms with E-state index >= 15 is 0 Å². The van der Waals surface area contributed by atoms with Crippen molar-refractivity contribution in [3.63, 3.8) is 0 Å². The third kappa shape index (κ3) is 6.44. The minimum absolute atomic E-state index is 0. The molecule has 1 aromatic rings. The van der Waals surface area contributed by atoms with E-state index in [4.69, 9.17) is 0 Å². The van der Waals surface area contributed by atoms with Crippen LogP contribution in [0.4, 0.5) is 0 Å². The van der Waals surface area contributed by atoms with Crippen LogP contribution in [0, 0.1) is 6.07 Å². The summed E-state index contributed by atoms with van der Waals surface area (Å²) in [6, 6.07) is 7.01. The maximum Gasteiger partial charge on any atom is 1.00 e. The van der Waals surface area contributed by atoms with Crippen molar-refractivity contribution >= 4 is 0 Å². The van der Waals surface area contributed by atoms with Gasteiger partial charge in [0.25, 0.3) is 0 Å². The summed E-state index contributed by atoms with van der Waals surface area (Å²) in [5, 5.41) is 0. The van der Waals surface area contributed by atoms with E-state index in [1.807, 2.05) is 26.0 Å². The molecule has 0 N–H and O–H groups in total. The van der Waals surface area contributed by atoms with Crippen LogP contribution in [0.3, 0.4) is 0 Å². The predicted molar refractivity (Wildman–Crippen MR) is 57.9 cm³/mol. The molecule has 1 nitrogen and oxygen atoms in total. The summed E-state index contributed by atoms with van der Waals surface area (Å²) < 4.78 is 0. The van der Waals surface area contributed by atoms with Crippen LogP contribution in [-0.4, -0.2) is 4.98 Å². The molecule has 0 aromatic carbocycles. The first kappa shape index (κ1) is 17.4. The van der Waals surface area contributed by atoms with Gasteiger partial charge in [-0.3, -0.25) is 0 Å². The van der Waals surface area contributed by atoms with E-state index in [1.165, 1.54) is 0 Å². The Hall–Kier alpha value is 0.955. The van der Waals surface area contributed by atoms with Crippen LogP contribution >= 0.6 is 0 Å². The smallest absolute Gasteiger partial charge is 0.384 e. The molecule has 0 unspecified atom stereocenters. The monoisotopic (exact) mass is 263 g/mol. The van der Waals surface area contributed by atoms with Crippen LogP contribution in [0.25, 0.3) is 0 Å². The van der Waals surface area contributed by atoms with Gasteiger partial charge in [-0.15, -0.1) is 0 Å². The molecular formula is C12H20NRb. The Morgan fingerprint density at radius 1 is 1.29 bits per heavy atom. The summed E-state index contributed by atoms with van der Waals surface area (Å²) in [5.41, 5.74) is 2.28. The molecule has 1 heterocycles. The summed E-state index contributed by atoms with van der Waals surface area (Å²) in [7, 11) is 0. The third-order valence-electron chi connectivity index (χ3n) is 1.71. The van der Waals surface area contributed by atoms with Gasteiger partial charge >= 0.3 is 58.2 Å². The van der Waals surface area contributed by atoms with Crippen molar-refractivity contribution in [3.05, 3.63) is 29.6 Å². The van der Waals surface area contributed by atoms with Gasteiger partial charge in [-0.1, -0.05) is 58.3 Å².